The van der Waals surface area contributed by atoms with Crippen LogP contribution >= 0.6 is 11.3 Å². The quantitative estimate of drug-likeness (QED) is 0.780. The van der Waals surface area contributed by atoms with Gasteiger partial charge >= 0.3 is 0 Å². The van der Waals surface area contributed by atoms with Gasteiger partial charge in [-0.15, -0.1) is 11.3 Å². The minimum Gasteiger partial charge on any atom is -0.307 e. The van der Waals surface area contributed by atoms with Crippen molar-refractivity contribution in [1.82, 2.24) is 4.98 Å². The summed E-state index contributed by atoms with van der Waals surface area (Å²) in [6, 6.07) is 0. The highest BCUT2D eigenvalue weighted by Crippen LogP contribution is 2.20. The van der Waals surface area contributed by atoms with Crippen molar-refractivity contribution in [2.45, 2.75) is 20.8 Å². The summed E-state index contributed by atoms with van der Waals surface area (Å²) >= 11 is 1.58. The summed E-state index contributed by atoms with van der Waals surface area (Å²) in [4.78, 5) is 9.63. The third kappa shape index (κ3) is 2.83. The van der Waals surface area contributed by atoms with Crippen LogP contribution in [0.5, 0.6) is 0 Å². The average Bonchev–Trinajstić information content (AvgIpc) is 2.60. The van der Waals surface area contributed by atoms with E-state index in [4.69, 9.17) is 5.41 Å². The largest absolute Gasteiger partial charge is 0.307 e. The molecule has 0 radical (unpaired) electrons. The van der Waals surface area contributed by atoms with Crippen molar-refractivity contribution in [3.05, 3.63) is 22.7 Å². The van der Waals surface area contributed by atoms with Crippen molar-refractivity contribution in [1.29, 1.82) is 5.41 Å². The first kappa shape index (κ1) is 11.8. The van der Waals surface area contributed by atoms with E-state index in [1.807, 2.05) is 20.8 Å². The molecule has 0 bridgehead atoms. The average molecular weight is 221 g/mol. The molecular formula is C11H15N3S. The second-order valence-electron chi connectivity index (χ2n) is 3.54. The zero-order valence-corrected chi connectivity index (χ0v) is 10.1. The number of aryl methyl sites for hydroxylation is 1. The van der Waals surface area contributed by atoms with Crippen LogP contribution in [0.25, 0.3) is 5.70 Å². The molecule has 1 N–H and O–H groups in total. The van der Waals surface area contributed by atoms with Crippen LogP contribution in [0.1, 0.15) is 24.4 Å². The van der Waals surface area contributed by atoms with Gasteiger partial charge in [0.25, 0.3) is 0 Å². The molecule has 0 unspecified atom stereocenters. The maximum absolute atomic E-state index is 7.25. The molecule has 4 heteroatoms. The fourth-order valence-electron chi connectivity index (χ4n) is 1.12. The van der Waals surface area contributed by atoms with Crippen LogP contribution in [-0.2, 0) is 0 Å². The molecular weight excluding hydrogens is 206 g/mol. The topological polar surface area (TPSA) is 49.1 Å². The van der Waals surface area contributed by atoms with E-state index in [1.165, 1.54) is 6.21 Å². The summed E-state index contributed by atoms with van der Waals surface area (Å²) < 4.78 is 0. The Morgan fingerprint density at radius 1 is 1.67 bits per heavy atom. The molecule has 1 rings (SSSR count). The molecule has 0 aromatic carbocycles. The van der Waals surface area contributed by atoms with Gasteiger partial charge in [-0.2, -0.15) is 0 Å². The van der Waals surface area contributed by atoms with Gasteiger partial charge in [0.2, 0.25) is 0 Å². The van der Waals surface area contributed by atoms with Gasteiger partial charge < -0.3 is 5.41 Å². The Balaban J connectivity index is 2.96. The molecule has 3 nitrogen and oxygen atoms in total. The molecule has 1 heterocycles. The predicted molar refractivity (Wildman–Crippen MR) is 66.9 cm³/mol. The third-order valence-corrected chi connectivity index (χ3v) is 2.78. The van der Waals surface area contributed by atoms with Crippen LogP contribution in [0.15, 0.2) is 17.1 Å². The molecule has 80 valence electrons. The molecule has 0 aliphatic rings. The van der Waals surface area contributed by atoms with Crippen molar-refractivity contribution in [2.24, 2.45) is 10.9 Å². The lowest BCUT2D eigenvalue weighted by Gasteiger charge is -2.04. The van der Waals surface area contributed by atoms with Crippen LogP contribution in [-0.4, -0.2) is 16.9 Å². The molecule has 0 saturated carbocycles. The van der Waals surface area contributed by atoms with E-state index in [0.29, 0.717) is 5.70 Å². The van der Waals surface area contributed by atoms with Crippen LogP contribution in [0.4, 0.5) is 0 Å². The highest BCUT2D eigenvalue weighted by Gasteiger charge is 2.07. The Morgan fingerprint density at radius 3 is 2.73 bits per heavy atom. The van der Waals surface area contributed by atoms with E-state index in [9.17, 15) is 0 Å². The normalized spacial score (nSPS) is 11.9. The van der Waals surface area contributed by atoms with E-state index in [-0.39, 0.29) is 5.92 Å². The Labute approximate surface area is 94.1 Å². The van der Waals surface area contributed by atoms with Gasteiger partial charge in [0, 0.05) is 11.1 Å². The van der Waals surface area contributed by atoms with Crippen molar-refractivity contribution < 1.29 is 0 Å². The van der Waals surface area contributed by atoms with E-state index in [0.717, 1.165) is 16.3 Å². The lowest BCUT2D eigenvalue weighted by Crippen LogP contribution is -2.08. The first-order chi connectivity index (χ1) is 7.06. The van der Waals surface area contributed by atoms with Crippen LogP contribution in [0, 0.1) is 18.3 Å². The predicted octanol–water partition coefficient (Wildman–Crippen LogP) is 3.17. The molecule has 0 saturated heterocycles. The Kier molecular flexibility index (Phi) is 3.91. The summed E-state index contributed by atoms with van der Waals surface area (Å²) in [6.45, 7) is 9.88. The molecule has 1 aromatic rings. The second-order valence-corrected chi connectivity index (χ2v) is 4.60. The van der Waals surface area contributed by atoms with Crippen molar-refractivity contribution in [3.8, 4) is 0 Å². The summed E-state index contributed by atoms with van der Waals surface area (Å²) in [5.41, 5.74) is 3.98. The molecule has 0 aliphatic carbocycles. The van der Waals surface area contributed by atoms with Crippen molar-refractivity contribution in [3.63, 3.8) is 0 Å². The van der Waals surface area contributed by atoms with E-state index >= 15 is 0 Å². The van der Waals surface area contributed by atoms with Gasteiger partial charge in [0.05, 0.1) is 16.9 Å². The number of thiazole rings is 1. The van der Waals surface area contributed by atoms with Gasteiger partial charge in [-0.1, -0.05) is 20.4 Å². The fourth-order valence-corrected chi connectivity index (χ4v) is 1.72. The molecule has 0 amide bonds. The first-order valence-electron chi connectivity index (χ1n) is 4.74. The molecule has 0 aliphatic heterocycles. The van der Waals surface area contributed by atoms with Crippen LogP contribution < -0.4 is 0 Å². The maximum atomic E-state index is 7.25. The Bertz CT molecular complexity index is 402. The van der Waals surface area contributed by atoms with Crippen LogP contribution in [0.3, 0.4) is 0 Å². The molecule has 15 heavy (non-hydrogen) atoms. The Morgan fingerprint density at radius 2 is 2.33 bits per heavy atom. The summed E-state index contributed by atoms with van der Waals surface area (Å²) in [6.07, 6.45) is 1.28. The van der Waals surface area contributed by atoms with E-state index in [1.54, 1.807) is 16.8 Å². The van der Waals surface area contributed by atoms with Crippen molar-refractivity contribution in [2.75, 3.05) is 0 Å². The lowest BCUT2D eigenvalue weighted by atomic mass is 10.1. The summed E-state index contributed by atoms with van der Waals surface area (Å²) in [5, 5.41) is 7.25. The van der Waals surface area contributed by atoms with Gasteiger partial charge in [-0.25, -0.2) is 9.98 Å². The zero-order chi connectivity index (χ0) is 11.4. The molecule has 0 spiro atoms. The van der Waals surface area contributed by atoms with Gasteiger partial charge in [0.1, 0.15) is 5.69 Å². The number of hydrogen-bond acceptors (Lipinski definition) is 4. The number of aromatic nitrogens is 1. The minimum absolute atomic E-state index is 0.234. The SMILES string of the molecule is C=C(N=C(C=N)C(C)C)c1ncsc1C. The maximum Gasteiger partial charge on any atom is 0.102 e. The molecule has 0 atom stereocenters. The summed E-state index contributed by atoms with van der Waals surface area (Å²) in [7, 11) is 0. The Hall–Kier alpha value is -1.29. The highest BCUT2D eigenvalue weighted by atomic mass is 32.1. The number of rotatable bonds is 4. The monoisotopic (exact) mass is 221 g/mol. The molecule has 0 fully saturated rings. The minimum atomic E-state index is 0.234. The van der Waals surface area contributed by atoms with Gasteiger partial charge in [-0.3, -0.25) is 0 Å². The highest BCUT2D eigenvalue weighted by molar-refractivity contribution is 7.09. The third-order valence-electron chi connectivity index (χ3n) is 2.02. The lowest BCUT2D eigenvalue weighted by molar-refractivity contribution is 0.896. The molecule has 1 aromatic heterocycles. The number of hydrogen-bond donors (Lipinski definition) is 1. The standard InChI is InChI=1S/C11H15N3S/c1-7(2)10(5-12)14-8(3)11-9(4)15-6-13-11/h5-7,12H,3H2,1-2,4H3. The first-order valence-corrected chi connectivity index (χ1v) is 5.62. The number of nitrogens with zero attached hydrogens (tertiary/aromatic N) is 2. The smallest absolute Gasteiger partial charge is 0.102 e. The van der Waals surface area contributed by atoms with Crippen LogP contribution in [0.2, 0.25) is 0 Å². The fraction of sp³-hybridized carbons (Fsp3) is 0.364. The van der Waals surface area contributed by atoms with Crippen molar-refractivity contribution >= 4 is 29.0 Å². The number of nitrogens with one attached hydrogen (secondary N) is 1. The van der Waals surface area contributed by atoms with E-state index in [2.05, 4.69) is 16.6 Å². The van der Waals surface area contributed by atoms with E-state index < -0.39 is 0 Å². The van der Waals surface area contributed by atoms with Gasteiger partial charge in [0.15, 0.2) is 0 Å². The zero-order valence-electron chi connectivity index (χ0n) is 9.24. The van der Waals surface area contributed by atoms with Gasteiger partial charge in [-0.05, 0) is 12.8 Å². The summed E-state index contributed by atoms with van der Waals surface area (Å²) in [5.74, 6) is 0.234. The second kappa shape index (κ2) is 4.98. The number of aliphatic imine (C=N–C) groups is 1.